The van der Waals surface area contributed by atoms with Gasteiger partial charge in [-0.3, -0.25) is 4.98 Å². The molecule has 0 aliphatic carbocycles. The zero-order valence-electron chi connectivity index (χ0n) is 12.2. The van der Waals surface area contributed by atoms with Crippen molar-refractivity contribution in [2.45, 2.75) is 18.9 Å². The van der Waals surface area contributed by atoms with Gasteiger partial charge in [-0.15, -0.1) is 0 Å². The first-order valence-corrected chi connectivity index (χ1v) is 7.07. The van der Waals surface area contributed by atoms with Gasteiger partial charge in [0, 0.05) is 24.7 Å². The van der Waals surface area contributed by atoms with Crippen LogP contribution in [0, 0.1) is 0 Å². The van der Waals surface area contributed by atoms with Crippen molar-refractivity contribution in [2.75, 3.05) is 7.11 Å². The van der Waals surface area contributed by atoms with Crippen LogP contribution in [0.1, 0.15) is 28.0 Å². The Balaban J connectivity index is 1.65. The molecule has 5 heteroatoms. The molecule has 3 rings (SSSR count). The van der Waals surface area contributed by atoms with E-state index in [0.717, 1.165) is 23.4 Å². The van der Waals surface area contributed by atoms with Gasteiger partial charge in [-0.05, 0) is 17.7 Å². The zero-order chi connectivity index (χ0) is 15.4. The summed E-state index contributed by atoms with van der Waals surface area (Å²) in [4.78, 5) is 21.3. The van der Waals surface area contributed by atoms with Crippen LogP contribution in [0.3, 0.4) is 0 Å². The molecule has 1 aliphatic heterocycles. The largest absolute Gasteiger partial charge is 0.465 e. The van der Waals surface area contributed by atoms with Crippen molar-refractivity contribution < 1.29 is 14.4 Å². The van der Waals surface area contributed by atoms with E-state index < -0.39 is 0 Å². The summed E-state index contributed by atoms with van der Waals surface area (Å²) in [6, 6.07) is 13.3. The van der Waals surface area contributed by atoms with Crippen LogP contribution in [-0.2, 0) is 16.0 Å². The van der Waals surface area contributed by atoms with E-state index in [1.807, 2.05) is 30.3 Å². The standard InChI is InChI=1S/C17H16N2O3/c1-21-17(20)13-7-8-18-14(9-13)10-15-11-16(19-22-15)12-5-3-2-4-6-12/h2-9,15H,10-11H2,1H3. The van der Waals surface area contributed by atoms with Gasteiger partial charge >= 0.3 is 5.97 Å². The SMILES string of the molecule is COC(=O)c1ccnc(CC2CC(c3ccccc3)=NO2)c1. The lowest BCUT2D eigenvalue weighted by atomic mass is 10.0. The highest BCUT2D eigenvalue weighted by Gasteiger charge is 2.23. The van der Waals surface area contributed by atoms with E-state index in [9.17, 15) is 4.79 Å². The molecule has 0 N–H and O–H groups in total. The van der Waals surface area contributed by atoms with Crippen LogP contribution >= 0.6 is 0 Å². The quantitative estimate of drug-likeness (QED) is 0.814. The number of pyridine rings is 1. The maximum absolute atomic E-state index is 11.5. The van der Waals surface area contributed by atoms with E-state index in [1.165, 1.54) is 7.11 Å². The molecule has 22 heavy (non-hydrogen) atoms. The fraction of sp³-hybridized carbons (Fsp3) is 0.235. The van der Waals surface area contributed by atoms with Gasteiger partial charge in [0.15, 0.2) is 0 Å². The third kappa shape index (κ3) is 3.14. The molecule has 1 aliphatic rings. The van der Waals surface area contributed by atoms with Crippen LogP contribution in [0.4, 0.5) is 0 Å². The van der Waals surface area contributed by atoms with E-state index in [-0.39, 0.29) is 12.1 Å². The summed E-state index contributed by atoms with van der Waals surface area (Å²) >= 11 is 0. The van der Waals surface area contributed by atoms with Crippen molar-refractivity contribution in [1.29, 1.82) is 0 Å². The number of ether oxygens (including phenoxy) is 1. The average molecular weight is 296 g/mol. The second-order valence-electron chi connectivity index (χ2n) is 5.07. The molecule has 1 unspecified atom stereocenters. The van der Waals surface area contributed by atoms with E-state index in [1.54, 1.807) is 18.3 Å². The van der Waals surface area contributed by atoms with Crippen molar-refractivity contribution in [3.8, 4) is 0 Å². The first-order chi connectivity index (χ1) is 10.8. The Bertz CT molecular complexity index is 698. The summed E-state index contributed by atoms with van der Waals surface area (Å²) < 4.78 is 4.72. The molecule has 2 heterocycles. The first-order valence-electron chi connectivity index (χ1n) is 7.07. The van der Waals surface area contributed by atoms with Crippen LogP contribution in [0.15, 0.2) is 53.8 Å². The predicted molar refractivity (Wildman–Crippen MR) is 81.7 cm³/mol. The molecule has 5 nitrogen and oxygen atoms in total. The van der Waals surface area contributed by atoms with Gasteiger partial charge < -0.3 is 9.57 Å². The number of methoxy groups -OCH3 is 1. The van der Waals surface area contributed by atoms with E-state index in [2.05, 4.69) is 10.1 Å². The van der Waals surface area contributed by atoms with Crippen LogP contribution in [0.2, 0.25) is 0 Å². The lowest BCUT2D eigenvalue weighted by Crippen LogP contribution is -2.13. The van der Waals surface area contributed by atoms with E-state index in [0.29, 0.717) is 12.0 Å². The van der Waals surface area contributed by atoms with E-state index in [4.69, 9.17) is 9.57 Å². The molecule has 0 fully saturated rings. The van der Waals surface area contributed by atoms with Crippen molar-refractivity contribution in [3.63, 3.8) is 0 Å². The molecule has 0 saturated carbocycles. The summed E-state index contributed by atoms with van der Waals surface area (Å²) in [6.45, 7) is 0. The maximum atomic E-state index is 11.5. The third-order valence-corrected chi connectivity index (χ3v) is 3.51. The molecule has 1 aromatic heterocycles. The Labute approximate surface area is 128 Å². The number of oxime groups is 1. The number of carbonyl (C=O) groups excluding carboxylic acids is 1. The first kappa shape index (κ1) is 14.3. The van der Waals surface area contributed by atoms with Crippen LogP contribution in [0.5, 0.6) is 0 Å². The smallest absolute Gasteiger partial charge is 0.337 e. The Morgan fingerprint density at radius 1 is 1.32 bits per heavy atom. The second-order valence-corrected chi connectivity index (χ2v) is 5.07. The Kier molecular flexibility index (Phi) is 4.14. The van der Waals surface area contributed by atoms with Crippen molar-refractivity contribution in [2.24, 2.45) is 5.16 Å². The molecule has 1 atom stereocenters. The summed E-state index contributed by atoms with van der Waals surface area (Å²) in [5, 5.41) is 4.15. The number of benzene rings is 1. The molecule has 0 radical (unpaired) electrons. The van der Waals surface area contributed by atoms with Gasteiger partial charge in [0.05, 0.1) is 18.4 Å². The molecule has 2 aromatic rings. The Hall–Kier alpha value is -2.69. The van der Waals surface area contributed by atoms with Gasteiger partial charge in [0.1, 0.15) is 6.10 Å². The molecule has 112 valence electrons. The van der Waals surface area contributed by atoms with Gasteiger partial charge in [-0.1, -0.05) is 35.5 Å². The number of hydrogen-bond acceptors (Lipinski definition) is 5. The summed E-state index contributed by atoms with van der Waals surface area (Å²) in [6.07, 6.45) is 2.88. The highest BCUT2D eigenvalue weighted by molar-refractivity contribution is 6.01. The maximum Gasteiger partial charge on any atom is 0.337 e. The zero-order valence-corrected chi connectivity index (χ0v) is 12.2. The fourth-order valence-corrected chi connectivity index (χ4v) is 2.41. The number of esters is 1. The highest BCUT2D eigenvalue weighted by Crippen LogP contribution is 2.19. The Morgan fingerprint density at radius 3 is 2.91 bits per heavy atom. The molecule has 0 saturated heterocycles. The third-order valence-electron chi connectivity index (χ3n) is 3.51. The van der Waals surface area contributed by atoms with Crippen LogP contribution in [0.25, 0.3) is 0 Å². The van der Waals surface area contributed by atoms with E-state index >= 15 is 0 Å². The van der Waals surface area contributed by atoms with Crippen molar-refractivity contribution in [1.82, 2.24) is 4.98 Å². The van der Waals surface area contributed by atoms with Crippen LogP contribution in [-0.4, -0.2) is 29.9 Å². The van der Waals surface area contributed by atoms with Gasteiger partial charge in [-0.2, -0.15) is 0 Å². The topological polar surface area (TPSA) is 60.8 Å². The molecule has 0 amide bonds. The minimum atomic E-state index is -0.364. The fourth-order valence-electron chi connectivity index (χ4n) is 2.41. The van der Waals surface area contributed by atoms with Crippen molar-refractivity contribution in [3.05, 3.63) is 65.5 Å². The normalized spacial score (nSPS) is 16.8. The number of nitrogens with zero attached hydrogens (tertiary/aromatic N) is 2. The summed E-state index contributed by atoms with van der Waals surface area (Å²) in [5.41, 5.74) is 3.29. The molecular formula is C17H16N2O3. The molecular weight excluding hydrogens is 280 g/mol. The summed E-state index contributed by atoms with van der Waals surface area (Å²) in [7, 11) is 1.36. The Morgan fingerprint density at radius 2 is 2.14 bits per heavy atom. The van der Waals surface area contributed by atoms with Crippen LogP contribution < -0.4 is 0 Å². The molecule has 1 aromatic carbocycles. The highest BCUT2D eigenvalue weighted by atomic mass is 16.6. The summed E-state index contributed by atoms with van der Waals surface area (Å²) in [5.74, 6) is -0.364. The monoisotopic (exact) mass is 296 g/mol. The van der Waals surface area contributed by atoms with Gasteiger partial charge in [0.25, 0.3) is 0 Å². The second kappa shape index (κ2) is 6.39. The number of rotatable bonds is 4. The number of hydrogen-bond donors (Lipinski definition) is 0. The number of aromatic nitrogens is 1. The lowest BCUT2D eigenvalue weighted by Gasteiger charge is -2.08. The number of carbonyl (C=O) groups is 1. The average Bonchev–Trinajstić information content (AvgIpc) is 3.03. The van der Waals surface area contributed by atoms with Crippen molar-refractivity contribution >= 4 is 11.7 Å². The minimum Gasteiger partial charge on any atom is -0.465 e. The molecule has 0 bridgehead atoms. The lowest BCUT2D eigenvalue weighted by molar-refractivity contribution is 0.0599. The molecule has 0 spiro atoms. The van der Waals surface area contributed by atoms with Gasteiger partial charge in [-0.25, -0.2) is 4.79 Å². The minimum absolute atomic E-state index is 0.0596. The van der Waals surface area contributed by atoms with Gasteiger partial charge in [0.2, 0.25) is 0 Å². The predicted octanol–water partition coefficient (Wildman–Crippen LogP) is 2.60.